The van der Waals surface area contributed by atoms with Gasteiger partial charge in [-0.05, 0) is 6.08 Å². The minimum Gasteiger partial charge on any atom is -0.506 e. The summed E-state index contributed by atoms with van der Waals surface area (Å²) in [6.45, 7) is 7.05. The summed E-state index contributed by atoms with van der Waals surface area (Å²) in [5.41, 5.74) is 1.18. The summed E-state index contributed by atoms with van der Waals surface area (Å²) >= 11 is 0. The highest BCUT2D eigenvalue weighted by Gasteiger charge is 2.10. The average Bonchev–Trinajstić information content (AvgIpc) is 2.77. The van der Waals surface area contributed by atoms with Crippen LogP contribution in [0.15, 0.2) is 52.1 Å². The van der Waals surface area contributed by atoms with Gasteiger partial charge in [0.1, 0.15) is 23.3 Å². The molecule has 2 heterocycles. The quantitative estimate of drug-likeness (QED) is 0.657. The number of aromatic hydroxyl groups is 1. The van der Waals surface area contributed by atoms with E-state index in [2.05, 4.69) is 33.1 Å². The molecule has 2 rings (SSSR count). The number of hydrogen-bond acceptors (Lipinski definition) is 5. The largest absolute Gasteiger partial charge is 0.506 e. The summed E-state index contributed by atoms with van der Waals surface area (Å²) in [6, 6.07) is 1.45. The van der Waals surface area contributed by atoms with Crippen LogP contribution in [0.2, 0.25) is 0 Å². The summed E-state index contributed by atoms with van der Waals surface area (Å²) in [5.74, 6) is 0.279. The maximum absolute atomic E-state index is 9.28. The van der Waals surface area contributed by atoms with Gasteiger partial charge < -0.3 is 9.52 Å². The van der Waals surface area contributed by atoms with Gasteiger partial charge in [0, 0.05) is 12.3 Å². The van der Waals surface area contributed by atoms with Crippen molar-refractivity contribution in [2.24, 2.45) is 9.98 Å². The number of fused-ring (bicyclic) bond motifs is 1. The van der Waals surface area contributed by atoms with Gasteiger partial charge in [0.25, 0.3) is 0 Å². The van der Waals surface area contributed by atoms with Crippen LogP contribution in [0.5, 0.6) is 5.75 Å². The molecule has 0 aromatic carbocycles. The monoisotopic (exact) mass is 242 g/mol. The van der Waals surface area contributed by atoms with Crippen molar-refractivity contribution in [1.29, 1.82) is 0 Å². The van der Waals surface area contributed by atoms with Crippen LogP contribution in [0.25, 0.3) is 11.2 Å². The van der Waals surface area contributed by atoms with Crippen LogP contribution in [0.1, 0.15) is 5.89 Å². The fourth-order valence-electron chi connectivity index (χ4n) is 1.26. The Morgan fingerprint density at radius 3 is 3.00 bits per heavy atom. The number of rotatable bonds is 4. The van der Waals surface area contributed by atoms with E-state index in [-0.39, 0.29) is 11.6 Å². The number of aromatic nitrogens is 2. The van der Waals surface area contributed by atoms with Gasteiger partial charge in [0.2, 0.25) is 11.6 Å². The van der Waals surface area contributed by atoms with Crippen LogP contribution in [-0.4, -0.2) is 27.1 Å². The van der Waals surface area contributed by atoms with E-state index in [1.165, 1.54) is 30.9 Å². The van der Waals surface area contributed by atoms with E-state index >= 15 is 0 Å². The minimum absolute atomic E-state index is 0.0210. The molecule has 0 atom stereocenters. The van der Waals surface area contributed by atoms with E-state index in [4.69, 9.17) is 4.42 Å². The zero-order valence-electron chi connectivity index (χ0n) is 9.45. The molecule has 0 spiro atoms. The molecule has 0 fully saturated rings. The van der Waals surface area contributed by atoms with Crippen molar-refractivity contribution in [3.8, 4) is 5.75 Å². The van der Waals surface area contributed by atoms with Crippen molar-refractivity contribution >= 4 is 23.3 Å². The molecule has 0 unspecified atom stereocenters. The molecular weight excluding hydrogens is 232 g/mol. The molecule has 2 aromatic rings. The number of allylic oxidation sites excluding steroid dienone is 1. The van der Waals surface area contributed by atoms with Crippen molar-refractivity contribution in [1.82, 2.24) is 9.97 Å². The Balaban J connectivity index is 2.45. The Bertz CT molecular complexity index is 655. The first-order chi connectivity index (χ1) is 8.74. The van der Waals surface area contributed by atoms with E-state index in [1.807, 2.05) is 0 Å². The lowest BCUT2D eigenvalue weighted by atomic mass is 10.3. The molecule has 18 heavy (non-hydrogen) atoms. The molecule has 0 radical (unpaired) electrons. The Morgan fingerprint density at radius 2 is 2.28 bits per heavy atom. The first kappa shape index (κ1) is 11.7. The molecule has 6 heteroatoms. The number of nitrogens with zero attached hydrogens (tertiary/aromatic N) is 4. The smallest absolute Gasteiger partial charge is 0.248 e. The fourth-order valence-corrected chi connectivity index (χ4v) is 1.26. The average molecular weight is 242 g/mol. The molecular formula is C12H10N4O2. The standard InChI is InChI=1S/C12H10N4O2/c1-3-9(15-7-13-4-2)12-16-10-5-8(17)6-14-11(10)18-12/h3-7,17H,1-2H2/b13-7-,15-9+. The Morgan fingerprint density at radius 1 is 1.44 bits per heavy atom. The molecule has 0 saturated heterocycles. The molecule has 2 aromatic heterocycles. The second-order valence-corrected chi connectivity index (χ2v) is 3.20. The van der Waals surface area contributed by atoms with E-state index in [0.29, 0.717) is 16.9 Å². The van der Waals surface area contributed by atoms with Crippen LogP contribution >= 0.6 is 0 Å². The zero-order chi connectivity index (χ0) is 13.0. The second kappa shape index (κ2) is 5.05. The normalized spacial score (nSPS) is 12.1. The summed E-state index contributed by atoms with van der Waals surface area (Å²) in [4.78, 5) is 15.8. The van der Waals surface area contributed by atoms with Gasteiger partial charge in [0.15, 0.2) is 0 Å². The number of oxazole rings is 1. The molecule has 0 saturated carbocycles. The summed E-state index contributed by atoms with van der Waals surface area (Å²) in [7, 11) is 0. The van der Waals surface area contributed by atoms with Crippen molar-refractivity contribution in [3.05, 3.63) is 43.6 Å². The van der Waals surface area contributed by atoms with Gasteiger partial charge >= 0.3 is 0 Å². The maximum atomic E-state index is 9.28. The second-order valence-electron chi connectivity index (χ2n) is 3.20. The predicted molar refractivity (Wildman–Crippen MR) is 68.9 cm³/mol. The highest BCUT2D eigenvalue weighted by molar-refractivity contribution is 6.09. The molecule has 1 N–H and O–H groups in total. The van der Waals surface area contributed by atoms with E-state index in [9.17, 15) is 5.11 Å². The molecule has 90 valence electrons. The number of pyridine rings is 1. The third kappa shape index (κ3) is 2.32. The van der Waals surface area contributed by atoms with Crippen molar-refractivity contribution < 1.29 is 9.52 Å². The van der Waals surface area contributed by atoms with Crippen molar-refractivity contribution in [3.63, 3.8) is 0 Å². The maximum Gasteiger partial charge on any atom is 0.248 e. The Kier molecular flexibility index (Phi) is 3.29. The van der Waals surface area contributed by atoms with Crippen molar-refractivity contribution in [2.75, 3.05) is 0 Å². The van der Waals surface area contributed by atoms with Gasteiger partial charge in [-0.2, -0.15) is 0 Å². The Labute approximate surface area is 103 Å². The van der Waals surface area contributed by atoms with Gasteiger partial charge in [-0.1, -0.05) is 13.2 Å². The summed E-state index contributed by atoms with van der Waals surface area (Å²) < 4.78 is 5.38. The van der Waals surface area contributed by atoms with Crippen LogP contribution in [0.4, 0.5) is 0 Å². The molecule has 6 nitrogen and oxygen atoms in total. The van der Waals surface area contributed by atoms with Crippen LogP contribution < -0.4 is 0 Å². The van der Waals surface area contributed by atoms with Crippen LogP contribution in [0.3, 0.4) is 0 Å². The SMILES string of the molecule is C=C/N=C\N=C(/C=C)c1nc2cc(O)cnc2o1. The lowest BCUT2D eigenvalue weighted by Crippen LogP contribution is -1.96. The highest BCUT2D eigenvalue weighted by Crippen LogP contribution is 2.18. The van der Waals surface area contributed by atoms with Gasteiger partial charge in [-0.25, -0.2) is 20.0 Å². The molecule has 0 aliphatic heterocycles. The number of aliphatic imine (C=N–C) groups is 2. The topological polar surface area (TPSA) is 83.9 Å². The molecule has 0 aliphatic rings. The number of hydrogen-bond donors (Lipinski definition) is 1. The summed E-state index contributed by atoms with van der Waals surface area (Å²) in [5, 5.41) is 9.28. The Hall–Kier alpha value is -2.76. The predicted octanol–water partition coefficient (Wildman–Crippen LogP) is 2.08. The molecule has 0 amide bonds. The molecule has 0 bridgehead atoms. The lowest BCUT2D eigenvalue weighted by molar-refractivity contribution is 0.473. The van der Waals surface area contributed by atoms with Gasteiger partial charge in [-0.15, -0.1) is 0 Å². The molecule has 0 aliphatic carbocycles. The van der Waals surface area contributed by atoms with Gasteiger partial charge in [0.05, 0.1) is 6.20 Å². The first-order valence-electron chi connectivity index (χ1n) is 5.03. The fraction of sp³-hybridized carbons (Fsp3) is 0. The van der Waals surface area contributed by atoms with Crippen LogP contribution in [0, 0.1) is 0 Å². The van der Waals surface area contributed by atoms with E-state index in [0.717, 1.165) is 0 Å². The summed E-state index contributed by atoms with van der Waals surface area (Å²) in [6.07, 6.45) is 5.43. The highest BCUT2D eigenvalue weighted by atomic mass is 16.4. The first-order valence-corrected chi connectivity index (χ1v) is 5.03. The minimum atomic E-state index is 0.0210. The third-order valence-corrected chi connectivity index (χ3v) is 2.01. The van der Waals surface area contributed by atoms with Crippen LogP contribution in [-0.2, 0) is 0 Å². The zero-order valence-corrected chi connectivity index (χ0v) is 9.45. The van der Waals surface area contributed by atoms with E-state index in [1.54, 1.807) is 0 Å². The van der Waals surface area contributed by atoms with Crippen molar-refractivity contribution in [2.45, 2.75) is 0 Å². The lowest BCUT2D eigenvalue weighted by Gasteiger charge is -1.89. The third-order valence-electron chi connectivity index (χ3n) is 2.01. The van der Waals surface area contributed by atoms with E-state index < -0.39 is 0 Å². The van der Waals surface area contributed by atoms with Gasteiger partial charge in [-0.3, -0.25) is 0 Å².